The van der Waals surface area contributed by atoms with Gasteiger partial charge in [-0.05, 0) is 18.2 Å². The molecule has 0 saturated heterocycles. The van der Waals surface area contributed by atoms with E-state index in [0.717, 1.165) is 11.8 Å². The monoisotopic (exact) mass is 308 g/mol. The Bertz CT molecular complexity index is 659. The Hall–Kier alpha value is -2.35. The normalized spacial score (nSPS) is 10.2. The molecule has 0 bridgehead atoms. The fourth-order valence-corrected chi connectivity index (χ4v) is 2.35. The molecule has 1 aromatic carbocycles. The Morgan fingerprint density at radius 3 is 2.95 bits per heavy atom. The molecule has 6 nitrogen and oxygen atoms in total. The summed E-state index contributed by atoms with van der Waals surface area (Å²) in [5.74, 6) is -0.762. The number of aromatic nitrogens is 2. The van der Waals surface area contributed by atoms with E-state index in [-0.39, 0.29) is 11.6 Å². The van der Waals surface area contributed by atoms with Gasteiger partial charge in [-0.1, -0.05) is 17.8 Å². The molecule has 0 radical (unpaired) electrons. The summed E-state index contributed by atoms with van der Waals surface area (Å²) in [6, 6.07) is 5.49. The lowest BCUT2D eigenvalue weighted by Gasteiger charge is -2.07. The van der Waals surface area contributed by atoms with E-state index < -0.39 is 11.9 Å². The number of imide groups is 1. The molecule has 2 aromatic rings. The quantitative estimate of drug-likeness (QED) is 0.841. The molecule has 2 rings (SSSR count). The van der Waals surface area contributed by atoms with E-state index in [4.69, 9.17) is 0 Å². The summed E-state index contributed by atoms with van der Waals surface area (Å²) in [6.07, 6.45) is 3.23. The zero-order valence-electron chi connectivity index (χ0n) is 11.2. The van der Waals surface area contributed by atoms with Crippen LogP contribution in [-0.4, -0.2) is 34.3 Å². The van der Waals surface area contributed by atoms with Crippen LogP contribution in [0.15, 0.2) is 41.8 Å². The number of imidazole rings is 1. The molecule has 1 aromatic heterocycles. The van der Waals surface area contributed by atoms with Gasteiger partial charge in [0.05, 0.1) is 11.4 Å². The fourth-order valence-electron chi connectivity index (χ4n) is 1.57. The minimum absolute atomic E-state index is 0.0275. The highest BCUT2D eigenvalue weighted by Crippen LogP contribution is 2.20. The van der Waals surface area contributed by atoms with Crippen molar-refractivity contribution in [2.75, 3.05) is 12.8 Å². The molecule has 0 unspecified atom stereocenters. The SMILES string of the molecule is CNC(=O)NC(=O)CSc1nccn1-c1cccc(F)c1. The third-order valence-electron chi connectivity index (χ3n) is 2.51. The van der Waals surface area contributed by atoms with Crippen LogP contribution < -0.4 is 10.6 Å². The molecule has 1 heterocycles. The Labute approximate surface area is 124 Å². The number of hydrogen-bond donors (Lipinski definition) is 2. The number of urea groups is 1. The first-order valence-corrected chi connectivity index (χ1v) is 7.02. The first kappa shape index (κ1) is 15.0. The minimum atomic E-state index is -0.561. The summed E-state index contributed by atoms with van der Waals surface area (Å²) in [5, 5.41) is 4.98. The maximum atomic E-state index is 13.2. The zero-order valence-corrected chi connectivity index (χ0v) is 12.0. The molecule has 0 aliphatic rings. The van der Waals surface area contributed by atoms with Crippen molar-refractivity contribution in [1.29, 1.82) is 0 Å². The van der Waals surface area contributed by atoms with Crippen molar-refractivity contribution in [1.82, 2.24) is 20.2 Å². The molecule has 8 heteroatoms. The van der Waals surface area contributed by atoms with Gasteiger partial charge in [-0.2, -0.15) is 0 Å². The Morgan fingerprint density at radius 2 is 2.24 bits per heavy atom. The molecular formula is C13H13FN4O2S. The lowest BCUT2D eigenvalue weighted by Crippen LogP contribution is -2.38. The summed E-state index contributed by atoms with van der Waals surface area (Å²) in [6.45, 7) is 0. The van der Waals surface area contributed by atoms with E-state index in [9.17, 15) is 14.0 Å². The lowest BCUT2D eigenvalue weighted by atomic mass is 10.3. The molecule has 0 aliphatic heterocycles. The van der Waals surface area contributed by atoms with E-state index in [1.54, 1.807) is 29.1 Å². The van der Waals surface area contributed by atoms with Gasteiger partial charge in [0.15, 0.2) is 5.16 Å². The number of carbonyl (C=O) groups is 2. The lowest BCUT2D eigenvalue weighted by molar-refractivity contribution is -0.117. The predicted octanol–water partition coefficient (Wildman–Crippen LogP) is 1.56. The summed E-state index contributed by atoms with van der Waals surface area (Å²) in [7, 11) is 1.42. The van der Waals surface area contributed by atoms with Crippen molar-refractivity contribution < 1.29 is 14.0 Å². The Morgan fingerprint density at radius 1 is 1.43 bits per heavy atom. The number of hydrogen-bond acceptors (Lipinski definition) is 4. The van der Waals surface area contributed by atoms with E-state index >= 15 is 0 Å². The van der Waals surface area contributed by atoms with Gasteiger partial charge in [0.2, 0.25) is 5.91 Å². The maximum absolute atomic E-state index is 13.2. The summed E-state index contributed by atoms with van der Waals surface area (Å²) in [4.78, 5) is 26.6. The number of carbonyl (C=O) groups excluding carboxylic acids is 2. The second-order valence-corrected chi connectivity index (χ2v) is 4.92. The van der Waals surface area contributed by atoms with Crippen molar-refractivity contribution in [3.63, 3.8) is 0 Å². The molecule has 21 heavy (non-hydrogen) atoms. The topological polar surface area (TPSA) is 76.0 Å². The highest BCUT2D eigenvalue weighted by molar-refractivity contribution is 7.99. The van der Waals surface area contributed by atoms with Crippen molar-refractivity contribution in [2.45, 2.75) is 5.16 Å². The molecule has 2 N–H and O–H groups in total. The van der Waals surface area contributed by atoms with Crippen LogP contribution in [0, 0.1) is 5.82 Å². The van der Waals surface area contributed by atoms with Crippen molar-refractivity contribution in [3.05, 3.63) is 42.5 Å². The van der Waals surface area contributed by atoms with E-state index in [0.29, 0.717) is 10.8 Å². The minimum Gasteiger partial charge on any atom is -0.341 e. The summed E-state index contributed by atoms with van der Waals surface area (Å²) < 4.78 is 14.9. The second-order valence-electron chi connectivity index (χ2n) is 3.98. The van der Waals surface area contributed by atoms with Crippen LogP contribution in [-0.2, 0) is 4.79 Å². The van der Waals surface area contributed by atoms with Crippen LogP contribution in [0.3, 0.4) is 0 Å². The van der Waals surface area contributed by atoms with Gasteiger partial charge in [0.1, 0.15) is 5.82 Å². The highest BCUT2D eigenvalue weighted by atomic mass is 32.2. The van der Waals surface area contributed by atoms with Crippen LogP contribution in [0.1, 0.15) is 0 Å². The smallest absolute Gasteiger partial charge is 0.321 e. The average molecular weight is 308 g/mol. The van der Waals surface area contributed by atoms with Gasteiger partial charge in [0, 0.05) is 19.4 Å². The fraction of sp³-hybridized carbons (Fsp3) is 0.154. The molecular weight excluding hydrogens is 295 g/mol. The molecule has 0 fully saturated rings. The third-order valence-corrected chi connectivity index (χ3v) is 3.47. The summed E-state index contributed by atoms with van der Waals surface area (Å²) >= 11 is 1.15. The maximum Gasteiger partial charge on any atom is 0.321 e. The van der Waals surface area contributed by atoms with Gasteiger partial charge in [-0.25, -0.2) is 14.2 Å². The molecule has 3 amide bonds. The van der Waals surface area contributed by atoms with Gasteiger partial charge >= 0.3 is 6.03 Å². The van der Waals surface area contributed by atoms with Gasteiger partial charge in [-0.3, -0.25) is 14.7 Å². The van der Waals surface area contributed by atoms with Gasteiger partial charge < -0.3 is 5.32 Å². The third kappa shape index (κ3) is 4.06. The first-order chi connectivity index (χ1) is 10.1. The molecule has 0 atom stereocenters. The van der Waals surface area contributed by atoms with Crippen LogP contribution in [0.25, 0.3) is 5.69 Å². The molecule has 0 aliphatic carbocycles. The second kappa shape index (κ2) is 6.89. The van der Waals surface area contributed by atoms with E-state index in [2.05, 4.69) is 15.6 Å². The van der Waals surface area contributed by atoms with E-state index in [1.807, 2.05) is 0 Å². The number of nitrogens with one attached hydrogen (secondary N) is 2. The zero-order chi connectivity index (χ0) is 15.2. The number of amides is 3. The van der Waals surface area contributed by atoms with Gasteiger partial charge in [-0.15, -0.1) is 0 Å². The van der Waals surface area contributed by atoms with Crippen LogP contribution in [0.5, 0.6) is 0 Å². The largest absolute Gasteiger partial charge is 0.341 e. The number of benzene rings is 1. The van der Waals surface area contributed by atoms with Crippen LogP contribution in [0.4, 0.5) is 9.18 Å². The van der Waals surface area contributed by atoms with Crippen molar-refractivity contribution in [2.24, 2.45) is 0 Å². The Balaban J connectivity index is 2.04. The van der Waals surface area contributed by atoms with Gasteiger partial charge in [0.25, 0.3) is 0 Å². The molecule has 0 saturated carbocycles. The standard InChI is InChI=1S/C13H13FN4O2S/c1-15-12(20)17-11(19)8-21-13-16-5-6-18(13)10-4-2-3-9(14)7-10/h2-7H,8H2,1H3,(H2,15,17,19,20). The molecule has 0 spiro atoms. The first-order valence-electron chi connectivity index (χ1n) is 6.04. The van der Waals surface area contributed by atoms with Crippen molar-refractivity contribution >= 4 is 23.7 Å². The number of thioether (sulfide) groups is 1. The molecule has 110 valence electrons. The van der Waals surface area contributed by atoms with Crippen LogP contribution in [0.2, 0.25) is 0 Å². The highest BCUT2D eigenvalue weighted by Gasteiger charge is 2.11. The number of nitrogens with zero attached hydrogens (tertiary/aromatic N) is 2. The van der Waals surface area contributed by atoms with Crippen molar-refractivity contribution in [3.8, 4) is 5.69 Å². The van der Waals surface area contributed by atoms with E-state index in [1.165, 1.54) is 19.2 Å². The average Bonchev–Trinajstić information content (AvgIpc) is 2.93. The summed E-state index contributed by atoms with van der Waals surface area (Å²) in [5.41, 5.74) is 0.613. The van der Waals surface area contributed by atoms with Crippen LogP contribution >= 0.6 is 11.8 Å². The Kier molecular flexibility index (Phi) is 4.94. The number of rotatable bonds is 4. The predicted molar refractivity (Wildman–Crippen MR) is 76.8 cm³/mol. The number of halogens is 1.